The van der Waals surface area contributed by atoms with Crippen LogP contribution >= 0.6 is 0 Å². The largest absolute Gasteiger partial charge is 0.496 e. The molecule has 1 aromatic carbocycles. The van der Waals surface area contributed by atoms with E-state index in [2.05, 4.69) is 38.4 Å². The lowest BCUT2D eigenvalue weighted by atomic mass is 10.1. The topological polar surface area (TPSA) is 59.5 Å². The van der Waals surface area contributed by atoms with E-state index in [0.29, 0.717) is 0 Å². The van der Waals surface area contributed by atoms with Gasteiger partial charge in [-0.1, -0.05) is 12.1 Å². The van der Waals surface area contributed by atoms with Gasteiger partial charge in [0.05, 0.1) is 20.3 Å². The second-order valence-corrected chi connectivity index (χ2v) is 5.90. The fourth-order valence-corrected chi connectivity index (χ4v) is 2.69. The molecule has 128 valence electrons. The van der Waals surface area contributed by atoms with Crippen molar-refractivity contribution in [2.45, 2.75) is 20.0 Å². The van der Waals surface area contributed by atoms with Crippen LogP contribution < -0.4 is 15.0 Å². The van der Waals surface area contributed by atoms with Crippen LogP contribution in [0.25, 0.3) is 0 Å². The molecule has 1 fully saturated rings. The molecule has 3 rings (SSSR count). The highest BCUT2D eigenvalue weighted by Gasteiger charge is 2.13. The third kappa shape index (κ3) is 4.21. The van der Waals surface area contributed by atoms with Gasteiger partial charge in [0.15, 0.2) is 0 Å². The Kier molecular flexibility index (Phi) is 5.61. The molecule has 1 saturated heterocycles. The zero-order chi connectivity index (χ0) is 16.8. The smallest absolute Gasteiger partial charge is 0.225 e. The lowest BCUT2D eigenvalue weighted by Gasteiger charge is -2.26. The third-order valence-corrected chi connectivity index (χ3v) is 4.12. The predicted octanol–water partition coefficient (Wildman–Crippen LogP) is 1.92. The number of nitrogens with zero attached hydrogens (tertiary/aromatic N) is 3. The summed E-state index contributed by atoms with van der Waals surface area (Å²) in [5, 5.41) is 3.42. The Bertz CT molecular complexity index is 655. The highest BCUT2D eigenvalue weighted by atomic mass is 16.5. The summed E-state index contributed by atoms with van der Waals surface area (Å²) < 4.78 is 10.7. The fraction of sp³-hybridized carbons (Fsp3) is 0.444. The quantitative estimate of drug-likeness (QED) is 0.874. The molecule has 0 atom stereocenters. The second-order valence-electron chi connectivity index (χ2n) is 5.90. The molecule has 1 N–H and O–H groups in total. The van der Waals surface area contributed by atoms with Crippen molar-refractivity contribution in [3.63, 3.8) is 0 Å². The van der Waals surface area contributed by atoms with Crippen molar-refractivity contribution >= 4 is 5.95 Å². The molecule has 0 radical (unpaired) electrons. The van der Waals surface area contributed by atoms with Crippen LogP contribution in [0, 0.1) is 6.92 Å². The van der Waals surface area contributed by atoms with Gasteiger partial charge in [-0.25, -0.2) is 9.97 Å². The zero-order valence-corrected chi connectivity index (χ0v) is 14.3. The van der Waals surface area contributed by atoms with E-state index in [1.54, 1.807) is 7.11 Å². The Morgan fingerprint density at radius 2 is 1.83 bits per heavy atom. The molecule has 24 heavy (non-hydrogen) atoms. The van der Waals surface area contributed by atoms with E-state index in [1.165, 1.54) is 5.56 Å². The third-order valence-electron chi connectivity index (χ3n) is 4.12. The molecule has 1 aromatic heterocycles. The van der Waals surface area contributed by atoms with Crippen LogP contribution in [0.3, 0.4) is 0 Å². The van der Waals surface area contributed by atoms with Gasteiger partial charge in [-0.05, 0) is 24.1 Å². The Morgan fingerprint density at radius 1 is 1.12 bits per heavy atom. The molecule has 2 heterocycles. The van der Waals surface area contributed by atoms with Crippen LogP contribution in [0.15, 0.2) is 30.6 Å². The van der Waals surface area contributed by atoms with Crippen LogP contribution in [0.4, 0.5) is 5.95 Å². The average Bonchev–Trinajstić information content (AvgIpc) is 2.64. The Balaban J connectivity index is 1.51. The van der Waals surface area contributed by atoms with Gasteiger partial charge in [-0.15, -0.1) is 0 Å². The van der Waals surface area contributed by atoms with Gasteiger partial charge in [-0.2, -0.15) is 0 Å². The van der Waals surface area contributed by atoms with Crippen LogP contribution in [-0.2, 0) is 17.8 Å². The first kappa shape index (κ1) is 16.7. The molecule has 0 aliphatic carbocycles. The first-order chi connectivity index (χ1) is 11.8. The van der Waals surface area contributed by atoms with Gasteiger partial charge in [0, 0.05) is 44.1 Å². The maximum atomic E-state index is 5.36. The normalized spacial score (nSPS) is 14.7. The molecule has 0 saturated carbocycles. The van der Waals surface area contributed by atoms with Crippen molar-refractivity contribution in [2.75, 3.05) is 38.3 Å². The number of rotatable bonds is 6. The number of ether oxygens (including phenoxy) is 2. The summed E-state index contributed by atoms with van der Waals surface area (Å²) in [6, 6.07) is 6.26. The second kappa shape index (κ2) is 8.08. The molecular weight excluding hydrogens is 304 g/mol. The molecule has 6 nitrogen and oxygen atoms in total. The summed E-state index contributed by atoms with van der Waals surface area (Å²) in [5.41, 5.74) is 3.42. The molecule has 1 aliphatic rings. The Morgan fingerprint density at radius 3 is 2.54 bits per heavy atom. The Labute approximate surface area is 142 Å². The zero-order valence-electron chi connectivity index (χ0n) is 14.3. The maximum Gasteiger partial charge on any atom is 0.225 e. The minimum atomic E-state index is 0.736. The number of methoxy groups -OCH3 is 1. The number of anilines is 1. The number of nitrogens with one attached hydrogen (secondary N) is 1. The van der Waals surface area contributed by atoms with Crippen LogP contribution in [0.2, 0.25) is 0 Å². The Hall–Kier alpha value is -2.18. The fourth-order valence-electron chi connectivity index (χ4n) is 2.69. The van der Waals surface area contributed by atoms with E-state index in [1.807, 2.05) is 19.3 Å². The van der Waals surface area contributed by atoms with Gasteiger partial charge >= 0.3 is 0 Å². The maximum absolute atomic E-state index is 5.36. The SMILES string of the molecule is COc1cc(CNCc2cnc(N3CCOCC3)nc2)ccc1C. The molecule has 6 heteroatoms. The number of hydrogen-bond donors (Lipinski definition) is 1. The van der Waals surface area contributed by atoms with E-state index in [4.69, 9.17) is 9.47 Å². The van der Waals surface area contributed by atoms with E-state index >= 15 is 0 Å². The number of hydrogen-bond acceptors (Lipinski definition) is 6. The minimum Gasteiger partial charge on any atom is -0.496 e. The summed E-state index contributed by atoms with van der Waals surface area (Å²) in [5.74, 6) is 1.71. The molecule has 0 spiro atoms. The lowest BCUT2D eigenvalue weighted by Crippen LogP contribution is -2.37. The molecule has 0 bridgehead atoms. The van der Waals surface area contributed by atoms with Crippen LogP contribution in [0.5, 0.6) is 5.75 Å². The van der Waals surface area contributed by atoms with Crippen molar-refractivity contribution in [3.05, 3.63) is 47.3 Å². The van der Waals surface area contributed by atoms with E-state index in [-0.39, 0.29) is 0 Å². The van der Waals surface area contributed by atoms with Crippen molar-refractivity contribution in [1.29, 1.82) is 0 Å². The van der Waals surface area contributed by atoms with E-state index in [0.717, 1.165) is 62.2 Å². The summed E-state index contributed by atoms with van der Waals surface area (Å²) in [6.07, 6.45) is 3.78. The summed E-state index contributed by atoms with van der Waals surface area (Å²) in [4.78, 5) is 11.1. The monoisotopic (exact) mass is 328 g/mol. The van der Waals surface area contributed by atoms with E-state index < -0.39 is 0 Å². The van der Waals surface area contributed by atoms with Gasteiger partial charge in [0.25, 0.3) is 0 Å². The molecular formula is C18H24N4O2. The average molecular weight is 328 g/mol. The molecule has 2 aromatic rings. The van der Waals surface area contributed by atoms with Crippen molar-refractivity contribution in [1.82, 2.24) is 15.3 Å². The van der Waals surface area contributed by atoms with Crippen molar-refractivity contribution in [2.24, 2.45) is 0 Å². The van der Waals surface area contributed by atoms with Crippen LogP contribution in [-0.4, -0.2) is 43.4 Å². The minimum absolute atomic E-state index is 0.736. The summed E-state index contributed by atoms with van der Waals surface area (Å²) in [6.45, 7) is 6.75. The van der Waals surface area contributed by atoms with Crippen molar-refractivity contribution in [3.8, 4) is 5.75 Å². The standard InChI is InChI=1S/C18H24N4O2/c1-14-3-4-15(9-17(14)23-2)10-19-11-16-12-20-18(21-13-16)22-5-7-24-8-6-22/h3-4,9,12-13,19H,5-8,10-11H2,1-2H3. The van der Waals surface area contributed by atoms with E-state index in [9.17, 15) is 0 Å². The lowest BCUT2D eigenvalue weighted by molar-refractivity contribution is 0.122. The van der Waals surface area contributed by atoms with Gasteiger partial charge < -0.3 is 19.7 Å². The summed E-state index contributed by atoms with van der Waals surface area (Å²) in [7, 11) is 1.70. The number of aromatic nitrogens is 2. The highest BCUT2D eigenvalue weighted by Crippen LogP contribution is 2.18. The highest BCUT2D eigenvalue weighted by molar-refractivity contribution is 5.36. The van der Waals surface area contributed by atoms with Gasteiger partial charge in [-0.3, -0.25) is 0 Å². The van der Waals surface area contributed by atoms with Crippen molar-refractivity contribution < 1.29 is 9.47 Å². The first-order valence-electron chi connectivity index (χ1n) is 8.24. The van der Waals surface area contributed by atoms with Gasteiger partial charge in [0.1, 0.15) is 5.75 Å². The summed E-state index contributed by atoms with van der Waals surface area (Å²) >= 11 is 0. The van der Waals surface area contributed by atoms with Gasteiger partial charge in [0.2, 0.25) is 5.95 Å². The van der Waals surface area contributed by atoms with Crippen LogP contribution in [0.1, 0.15) is 16.7 Å². The first-order valence-corrected chi connectivity index (χ1v) is 8.24. The number of benzene rings is 1. The number of aryl methyl sites for hydroxylation is 1. The number of morpholine rings is 1. The molecule has 0 amide bonds. The molecule has 0 unspecified atom stereocenters. The predicted molar refractivity (Wildman–Crippen MR) is 93.3 cm³/mol. The molecule has 1 aliphatic heterocycles.